The van der Waals surface area contributed by atoms with Gasteiger partial charge in [0.05, 0.1) is 10.4 Å². The highest BCUT2D eigenvalue weighted by Gasteiger charge is 2.05. The zero-order valence-electron chi connectivity index (χ0n) is 24.9. The lowest BCUT2D eigenvalue weighted by molar-refractivity contribution is 0.529. The Morgan fingerprint density at radius 2 is 0.750 bits per heavy atom. The molecule has 216 valence electrons. The summed E-state index contributed by atoms with van der Waals surface area (Å²) in [7, 11) is 0. The van der Waals surface area contributed by atoms with E-state index in [2.05, 4.69) is 19.2 Å². The van der Waals surface area contributed by atoms with E-state index in [-0.39, 0.29) is 5.37 Å². The number of thiocarbonyl (C=S) groups is 1. The molecule has 0 saturated heterocycles. The van der Waals surface area contributed by atoms with Crippen LogP contribution in [-0.2, 0) is 0 Å². The van der Waals surface area contributed by atoms with Gasteiger partial charge in [-0.1, -0.05) is 193 Å². The average Bonchev–Trinajstić information content (AvgIpc) is 2.87. The second kappa shape index (κ2) is 31.5. The fourth-order valence-electron chi connectivity index (χ4n) is 5.17. The number of thiol groups is 1. The van der Waals surface area contributed by atoms with Crippen molar-refractivity contribution in [3.8, 4) is 0 Å². The molecule has 0 radical (unpaired) electrons. The maximum atomic E-state index is 5.56. The minimum absolute atomic E-state index is 0.247. The van der Waals surface area contributed by atoms with Crippen LogP contribution in [0.1, 0.15) is 200 Å². The zero-order valence-corrected chi connectivity index (χ0v) is 26.6. The zero-order chi connectivity index (χ0) is 26.4. The van der Waals surface area contributed by atoms with Crippen molar-refractivity contribution in [1.82, 2.24) is 5.32 Å². The summed E-state index contributed by atoms with van der Waals surface area (Å²) >= 11 is 10.3. The summed E-state index contributed by atoms with van der Waals surface area (Å²) in [5.74, 6) is 0. The molecular formula is C33H67NS2. The molecule has 0 rings (SSSR count). The number of nitrogens with one attached hydrogen (secondary N) is 1. The Kier molecular flexibility index (Phi) is 31.7. The van der Waals surface area contributed by atoms with Crippen LogP contribution in [0.15, 0.2) is 0 Å². The van der Waals surface area contributed by atoms with Crippen LogP contribution in [0.2, 0.25) is 0 Å². The van der Waals surface area contributed by atoms with Crippen molar-refractivity contribution in [1.29, 1.82) is 0 Å². The van der Waals surface area contributed by atoms with Crippen LogP contribution in [0, 0.1) is 0 Å². The standard InChI is InChI=1S/C33H67NS2/c1-3-5-7-9-11-13-15-17-19-21-23-25-27-29-31-33(36)34-32(35)30-28-26-24-22-20-18-16-14-12-10-8-6-4-2/h33,36H,3-31H2,1-2H3,(H,34,35). The molecule has 36 heavy (non-hydrogen) atoms. The van der Waals surface area contributed by atoms with Crippen LogP contribution in [0.4, 0.5) is 0 Å². The Balaban J connectivity index is 3.28. The third kappa shape index (κ3) is 30.5. The predicted molar refractivity (Wildman–Crippen MR) is 174 cm³/mol. The number of unbranched alkanes of at least 4 members (excludes halogenated alkanes) is 25. The van der Waals surface area contributed by atoms with E-state index < -0.39 is 0 Å². The Morgan fingerprint density at radius 3 is 1.08 bits per heavy atom. The van der Waals surface area contributed by atoms with Crippen molar-refractivity contribution in [2.45, 2.75) is 205 Å². The van der Waals surface area contributed by atoms with Gasteiger partial charge in [0.15, 0.2) is 0 Å². The van der Waals surface area contributed by atoms with Gasteiger partial charge in [0, 0.05) is 0 Å². The monoisotopic (exact) mass is 541 g/mol. The second-order valence-electron chi connectivity index (χ2n) is 11.5. The Morgan fingerprint density at radius 1 is 0.472 bits per heavy atom. The highest BCUT2D eigenvalue weighted by Crippen LogP contribution is 2.15. The maximum absolute atomic E-state index is 5.56. The summed E-state index contributed by atoms with van der Waals surface area (Å²) in [6.07, 6.45) is 40.3. The molecule has 0 aliphatic carbocycles. The average molecular weight is 542 g/mol. The second-order valence-corrected chi connectivity index (χ2v) is 12.6. The molecule has 0 bridgehead atoms. The number of rotatable bonds is 30. The van der Waals surface area contributed by atoms with Crippen molar-refractivity contribution in [2.24, 2.45) is 0 Å². The van der Waals surface area contributed by atoms with E-state index in [9.17, 15) is 0 Å². The quantitative estimate of drug-likeness (QED) is 0.0406. The van der Waals surface area contributed by atoms with E-state index in [1.165, 1.54) is 173 Å². The van der Waals surface area contributed by atoms with Gasteiger partial charge in [-0.05, 0) is 19.3 Å². The first-order valence-corrected chi connectivity index (χ1v) is 17.6. The molecule has 0 spiro atoms. The fourth-order valence-corrected chi connectivity index (χ4v) is 5.88. The van der Waals surface area contributed by atoms with Crippen molar-refractivity contribution in [2.75, 3.05) is 0 Å². The van der Waals surface area contributed by atoms with E-state index in [0.29, 0.717) is 0 Å². The fraction of sp³-hybridized carbons (Fsp3) is 0.970. The van der Waals surface area contributed by atoms with Crippen molar-refractivity contribution in [3.05, 3.63) is 0 Å². The van der Waals surface area contributed by atoms with Gasteiger partial charge in [0.25, 0.3) is 0 Å². The van der Waals surface area contributed by atoms with Crippen molar-refractivity contribution < 1.29 is 0 Å². The minimum atomic E-state index is 0.247. The molecule has 0 aromatic rings. The Labute approximate surface area is 239 Å². The summed E-state index contributed by atoms with van der Waals surface area (Å²) in [5, 5.41) is 3.71. The smallest absolute Gasteiger partial charge is 0.0761 e. The largest absolute Gasteiger partial charge is 0.368 e. The molecule has 0 heterocycles. The lowest BCUT2D eigenvalue weighted by Gasteiger charge is -2.15. The topological polar surface area (TPSA) is 12.0 Å². The lowest BCUT2D eigenvalue weighted by Crippen LogP contribution is -2.29. The van der Waals surface area contributed by atoms with Gasteiger partial charge < -0.3 is 5.32 Å². The van der Waals surface area contributed by atoms with Crippen LogP contribution < -0.4 is 5.32 Å². The Hall–Kier alpha value is 0.240. The third-order valence-electron chi connectivity index (χ3n) is 7.67. The molecule has 1 atom stereocenters. The summed E-state index contributed by atoms with van der Waals surface area (Å²) < 4.78 is 0. The van der Waals surface area contributed by atoms with Crippen LogP contribution in [0.5, 0.6) is 0 Å². The first-order chi connectivity index (χ1) is 17.7. The normalized spacial score (nSPS) is 12.2. The highest BCUT2D eigenvalue weighted by atomic mass is 32.1. The molecule has 1 nitrogen and oxygen atoms in total. The molecule has 0 aromatic carbocycles. The molecule has 0 saturated carbocycles. The number of hydrogen-bond donors (Lipinski definition) is 2. The molecule has 0 aliphatic heterocycles. The SMILES string of the molecule is CCCCCCCCCCCCCCCCC(S)NC(=S)CCCCCCCCCCCCCCC. The minimum Gasteiger partial charge on any atom is -0.368 e. The summed E-state index contributed by atoms with van der Waals surface area (Å²) in [6, 6.07) is 0. The summed E-state index contributed by atoms with van der Waals surface area (Å²) in [6.45, 7) is 4.59. The molecule has 0 amide bonds. The molecular weight excluding hydrogens is 475 g/mol. The molecule has 1 N–H and O–H groups in total. The Bertz CT molecular complexity index is 426. The molecule has 3 heteroatoms. The molecule has 0 aliphatic rings. The predicted octanol–water partition coefficient (Wildman–Crippen LogP) is 12.5. The molecule has 0 fully saturated rings. The van der Waals surface area contributed by atoms with Gasteiger partial charge in [-0.2, -0.15) is 12.6 Å². The van der Waals surface area contributed by atoms with Gasteiger partial charge >= 0.3 is 0 Å². The maximum Gasteiger partial charge on any atom is 0.0761 e. The van der Waals surface area contributed by atoms with E-state index in [4.69, 9.17) is 24.8 Å². The van der Waals surface area contributed by atoms with E-state index in [1.54, 1.807) is 0 Å². The molecule has 0 aromatic heterocycles. The van der Waals surface area contributed by atoms with Crippen molar-refractivity contribution >= 4 is 29.8 Å². The lowest BCUT2D eigenvalue weighted by atomic mass is 10.0. The summed E-state index contributed by atoms with van der Waals surface area (Å²) in [5.41, 5.74) is 0. The van der Waals surface area contributed by atoms with Gasteiger partial charge in [-0.25, -0.2) is 0 Å². The summed E-state index contributed by atoms with van der Waals surface area (Å²) in [4.78, 5) is 1.03. The van der Waals surface area contributed by atoms with Crippen LogP contribution in [-0.4, -0.2) is 10.4 Å². The third-order valence-corrected chi connectivity index (χ3v) is 8.38. The van der Waals surface area contributed by atoms with Crippen LogP contribution in [0.25, 0.3) is 0 Å². The molecule has 1 unspecified atom stereocenters. The van der Waals surface area contributed by atoms with Gasteiger partial charge in [-0.15, -0.1) is 0 Å². The van der Waals surface area contributed by atoms with E-state index >= 15 is 0 Å². The van der Waals surface area contributed by atoms with Crippen molar-refractivity contribution in [3.63, 3.8) is 0 Å². The first-order valence-electron chi connectivity index (χ1n) is 16.7. The van der Waals surface area contributed by atoms with Gasteiger partial charge in [-0.3, -0.25) is 0 Å². The van der Waals surface area contributed by atoms with Crippen LogP contribution in [0.3, 0.4) is 0 Å². The van der Waals surface area contributed by atoms with Crippen LogP contribution >= 0.6 is 24.8 Å². The van der Waals surface area contributed by atoms with E-state index in [1.807, 2.05) is 0 Å². The van der Waals surface area contributed by atoms with Gasteiger partial charge in [0.2, 0.25) is 0 Å². The number of hydrogen-bond acceptors (Lipinski definition) is 2. The van der Waals surface area contributed by atoms with Gasteiger partial charge in [0.1, 0.15) is 0 Å². The van der Waals surface area contributed by atoms with E-state index in [0.717, 1.165) is 17.8 Å². The first kappa shape index (κ1) is 36.2. The highest BCUT2D eigenvalue weighted by molar-refractivity contribution is 7.81.